The average molecular weight is 228 g/mol. The van der Waals surface area contributed by atoms with Crippen LogP contribution in [-0.2, 0) is 0 Å². The minimum atomic E-state index is -0.973. The van der Waals surface area contributed by atoms with Gasteiger partial charge in [0.05, 0.1) is 5.69 Å². The van der Waals surface area contributed by atoms with Crippen LogP contribution in [0.1, 0.15) is 25.3 Å². The van der Waals surface area contributed by atoms with Crippen LogP contribution < -0.4 is 15.4 Å². The third-order valence-corrected chi connectivity index (χ3v) is 2.77. The van der Waals surface area contributed by atoms with Crippen molar-refractivity contribution >= 4 is 5.69 Å². The van der Waals surface area contributed by atoms with Crippen molar-refractivity contribution in [3.8, 4) is 5.75 Å². The molecule has 0 bridgehead atoms. The van der Waals surface area contributed by atoms with Gasteiger partial charge >= 0.3 is 0 Å². The highest BCUT2D eigenvalue weighted by Crippen LogP contribution is 2.43. The van der Waals surface area contributed by atoms with Crippen LogP contribution in [0.2, 0.25) is 0 Å². The van der Waals surface area contributed by atoms with Gasteiger partial charge in [-0.05, 0) is 17.5 Å². The average Bonchev–Trinajstić information content (AvgIpc) is 2.50. The summed E-state index contributed by atoms with van der Waals surface area (Å²) in [4.78, 5) is 1.60. The molecule has 0 saturated carbocycles. The lowest BCUT2D eigenvalue weighted by Crippen LogP contribution is -2.39. The third kappa shape index (κ3) is 1.43. The Bertz CT molecular complexity index is 434. The molecule has 0 fully saturated rings. The largest absolute Gasteiger partial charge is 0.452 e. The first kappa shape index (κ1) is 11.1. The van der Waals surface area contributed by atoms with Crippen LogP contribution in [0.4, 0.5) is 14.5 Å². The molecule has 0 radical (unpaired) electrons. The molecule has 0 amide bonds. The summed E-state index contributed by atoms with van der Waals surface area (Å²) in [7, 11) is 1.69. The Morgan fingerprint density at radius 1 is 1.44 bits per heavy atom. The van der Waals surface area contributed by atoms with Crippen LogP contribution in [0, 0.1) is 11.6 Å². The summed E-state index contributed by atoms with van der Waals surface area (Å²) >= 11 is 0. The molecule has 5 heteroatoms. The number of ether oxygens (including phenoxy) is 1. The third-order valence-electron chi connectivity index (χ3n) is 2.77. The van der Waals surface area contributed by atoms with Gasteiger partial charge in [-0.2, -0.15) is 4.39 Å². The summed E-state index contributed by atoms with van der Waals surface area (Å²) in [6.45, 7) is 3.81. The van der Waals surface area contributed by atoms with Gasteiger partial charge < -0.3 is 9.64 Å². The Balaban J connectivity index is 2.68. The fraction of sp³-hybridized carbons (Fsp3) is 0.455. The van der Waals surface area contributed by atoms with E-state index in [1.54, 1.807) is 11.9 Å². The van der Waals surface area contributed by atoms with Crippen LogP contribution in [0.3, 0.4) is 0 Å². The highest BCUT2D eigenvalue weighted by atomic mass is 19.2. The number of hydrogen-bond donors (Lipinski definition) is 1. The van der Waals surface area contributed by atoms with Crippen molar-refractivity contribution in [2.24, 2.45) is 5.73 Å². The smallest absolute Gasteiger partial charge is 0.227 e. The maximum Gasteiger partial charge on any atom is 0.227 e. The second-order valence-corrected chi connectivity index (χ2v) is 4.21. The van der Waals surface area contributed by atoms with E-state index in [9.17, 15) is 8.78 Å². The van der Waals surface area contributed by atoms with Crippen LogP contribution in [-0.4, -0.2) is 13.4 Å². The van der Waals surface area contributed by atoms with Crippen molar-refractivity contribution in [1.82, 2.24) is 0 Å². The van der Waals surface area contributed by atoms with Crippen molar-refractivity contribution in [3.05, 3.63) is 23.3 Å². The molecule has 0 aromatic heterocycles. The SMILES string of the molecule is CC(C)c1cc(F)c(F)c2c1N(C)C(N)O2. The molecular weight excluding hydrogens is 214 g/mol. The quantitative estimate of drug-likeness (QED) is 0.800. The molecule has 0 aliphatic carbocycles. The lowest BCUT2D eigenvalue weighted by Gasteiger charge is -2.19. The van der Waals surface area contributed by atoms with Gasteiger partial charge in [0.2, 0.25) is 12.2 Å². The fourth-order valence-corrected chi connectivity index (χ4v) is 1.85. The summed E-state index contributed by atoms with van der Waals surface area (Å²) < 4.78 is 32.0. The molecule has 1 aromatic rings. The van der Waals surface area contributed by atoms with Gasteiger partial charge in [0, 0.05) is 7.05 Å². The van der Waals surface area contributed by atoms with Gasteiger partial charge in [0.25, 0.3) is 0 Å². The first-order chi connectivity index (χ1) is 7.43. The first-order valence-corrected chi connectivity index (χ1v) is 5.10. The molecular formula is C11H14F2N2O. The molecule has 1 unspecified atom stereocenters. The monoisotopic (exact) mass is 228 g/mol. The Kier molecular flexibility index (Phi) is 2.50. The summed E-state index contributed by atoms with van der Waals surface area (Å²) in [5.74, 6) is -1.89. The molecule has 1 atom stereocenters. The van der Waals surface area contributed by atoms with E-state index in [4.69, 9.17) is 10.5 Å². The second-order valence-electron chi connectivity index (χ2n) is 4.21. The predicted molar refractivity (Wildman–Crippen MR) is 57.5 cm³/mol. The summed E-state index contributed by atoms with van der Waals surface area (Å²) in [6, 6.07) is 1.21. The van der Waals surface area contributed by atoms with Crippen molar-refractivity contribution in [3.63, 3.8) is 0 Å². The van der Waals surface area contributed by atoms with Crippen molar-refractivity contribution in [2.75, 3.05) is 11.9 Å². The zero-order valence-electron chi connectivity index (χ0n) is 9.42. The normalized spacial score (nSPS) is 18.9. The number of halogens is 2. The van der Waals surface area contributed by atoms with Crippen LogP contribution in [0.25, 0.3) is 0 Å². The molecule has 2 N–H and O–H groups in total. The van der Waals surface area contributed by atoms with E-state index in [2.05, 4.69) is 0 Å². The van der Waals surface area contributed by atoms with E-state index in [0.717, 1.165) is 0 Å². The highest BCUT2D eigenvalue weighted by Gasteiger charge is 2.33. The van der Waals surface area contributed by atoms with Crippen molar-refractivity contribution in [1.29, 1.82) is 0 Å². The zero-order valence-corrected chi connectivity index (χ0v) is 9.42. The number of benzene rings is 1. The van der Waals surface area contributed by atoms with E-state index in [1.807, 2.05) is 13.8 Å². The Labute approximate surface area is 92.8 Å². The van der Waals surface area contributed by atoms with Gasteiger partial charge in [-0.15, -0.1) is 0 Å². The number of hydrogen-bond acceptors (Lipinski definition) is 3. The zero-order chi connectivity index (χ0) is 12.0. The van der Waals surface area contributed by atoms with E-state index < -0.39 is 18.0 Å². The Morgan fingerprint density at radius 2 is 2.06 bits per heavy atom. The predicted octanol–water partition coefficient (Wildman–Crippen LogP) is 2.16. The Hall–Kier alpha value is -1.36. The lowest BCUT2D eigenvalue weighted by molar-refractivity contribution is 0.227. The topological polar surface area (TPSA) is 38.5 Å². The highest BCUT2D eigenvalue weighted by molar-refractivity contribution is 5.68. The Morgan fingerprint density at radius 3 is 2.62 bits per heavy atom. The molecule has 16 heavy (non-hydrogen) atoms. The van der Waals surface area contributed by atoms with E-state index >= 15 is 0 Å². The molecule has 0 spiro atoms. The van der Waals surface area contributed by atoms with E-state index in [0.29, 0.717) is 11.3 Å². The number of nitrogens with zero attached hydrogens (tertiary/aromatic N) is 1. The maximum atomic E-state index is 13.5. The lowest BCUT2D eigenvalue weighted by atomic mass is 10.00. The van der Waals surface area contributed by atoms with Crippen LogP contribution in [0.15, 0.2) is 6.07 Å². The standard InChI is InChI=1S/C11H14F2N2O/c1-5(2)6-4-7(12)8(13)10-9(6)15(3)11(14)16-10/h4-5,11H,14H2,1-3H3. The number of anilines is 1. The first-order valence-electron chi connectivity index (χ1n) is 5.10. The second kappa shape index (κ2) is 3.59. The summed E-state index contributed by atoms with van der Waals surface area (Å²) in [5, 5.41) is 0. The fourth-order valence-electron chi connectivity index (χ4n) is 1.85. The summed E-state index contributed by atoms with van der Waals surface area (Å²) in [5.41, 5.74) is 6.87. The molecule has 0 saturated heterocycles. The number of fused-ring (bicyclic) bond motifs is 1. The molecule has 88 valence electrons. The van der Waals surface area contributed by atoms with Gasteiger partial charge in [0.15, 0.2) is 11.6 Å². The van der Waals surface area contributed by atoms with E-state index in [1.165, 1.54) is 6.07 Å². The minimum Gasteiger partial charge on any atom is -0.452 e. The van der Waals surface area contributed by atoms with E-state index in [-0.39, 0.29) is 11.7 Å². The van der Waals surface area contributed by atoms with Gasteiger partial charge in [0.1, 0.15) is 0 Å². The molecule has 1 aliphatic rings. The minimum absolute atomic E-state index is 0.0696. The molecule has 1 heterocycles. The van der Waals surface area contributed by atoms with Gasteiger partial charge in [-0.25, -0.2) is 4.39 Å². The molecule has 1 aromatic carbocycles. The summed E-state index contributed by atoms with van der Waals surface area (Å²) in [6.07, 6.45) is -0.760. The molecule has 1 aliphatic heterocycles. The molecule has 3 nitrogen and oxygen atoms in total. The number of nitrogens with two attached hydrogens (primary N) is 1. The van der Waals surface area contributed by atoms with Gasteiger partial charge in [-0.3, -0.25) is 5.73 Å². The maximum absolute atomic E-state index is 13.5. The van der Waals surface area contributed by atoms with Crippen molar-refractivity contribution in [2.45, 2.75) is 26.1 Å². The molecule has 2 rings (SSSR count). The van der Waals surface area contributed by atoms with Crippen molar-refractivity contribution < 1.29 is 13.5 Å². The number of rotatable bonds is 1. The van der Waals surface area contributed by atoms with Crippen LogP contribution in [0.5, 0.6) is 5.75 Å². The van der Waals surface area contributed by atoms with Crippen LogP contribution >= 0.6 is 0 Å². The van der Waals surface area contributed by atoms with Gasteiger partial charge in [-0.1, -0.05) is 13.8 Å².